The molecule has 0 aliphatic carbocycles. The molecule has 1 heterocycles. The molecule has 1 atom stereocenters. The molecule has 0 unspecified atom stereocenters. The van der Waals surface area contributed by atoms with Gasteiger partial charge < -0.3 is 15.7 Å². The third-order valence-electron chi connectivity index (χ3n) is 2.92. The Bertz CT molecular complexity index is 646. The highest BCUT2D eigenvalue weighted by Gasteiger charge is 2.11. The fraction of sp³-hybridized carbons (Fsp3) is 0.200. The van der Waals surface area contributed by atoms with Crippen molar-refractivity contribution < 1.29 is 14.7 Å². The van der Waals surface area contributed by atoms with Crippen molar-refractivity contribution in [2.45, 2.75) is 6.10 Å². The molecule has 3 N–H and O–H groups in total. The molecule has 0 aliphatic heterocycles. The third-order valence-corrected chi connectivity index (χ3v) is 3.84. The normalized spacial score (nSPS) is 11.7. The summed E-state index contributed by atoms with van der Waals surface area (Å²) in [5.41, 5.74) is 1.15. The van der Waals surface area contributed by atoms with Crippen LogP contribution in [0.4, 0.5) is 0 Å². The van der Waals surface area contributed by atoms with Crippen molar-refractivity contribution in [3.8, 4) is 0 Å². The molecule has 5 nitrogen and oxygen atoms in total. The molecule has 1 aromatic heterocycles. The van der Waals surface area contributed by atoms with Gasteiger partial charge in [0, 0.05) is 22.5 Å². The molecule has 0 bridgehead atoms. The number of thiophene rings is 1. The van der Waals surface area contributed by atoms with E-state index >= 15 is 0 Å². The maximum Gasteiger partial charge on any atom is 0.252 e. The molecule has 7 heteroatoms. The van der Waals surface area contributed by atoms with Crippen LogP contribution in [0.3, 0.4) is 0 Å². The minimum atomic E-state index is -0.852. The van der Waals surface area contributed by atoms with Gasteiger partial charge in [0.15, 0.2) is 0 Å². The summed E-state index contributed by atoms with van der Waals surface area (Å²) >= 11 is 7.25. The monoisotopic (exact) mass is 338 g/mol. The van der Waals surface area contributed by atoms with Crippen LogP contribution in [-0.4, -0.2) is 30.0 Å². The second-order valence-electron chi connectivity index (χ2n) is 4.57. The Hall–Kier alpha value is -1.89. The highest BCUT2D eigenvalue weighted by molar-refractivity contribution is 7.08. The fourth-order valence-corrected chi connectivity index (χ4v) is 2.60. The fourth-order valence-electron chi connectivity index (χ4n) is 1.76. The maximum atomic E-state index is 11.7. The molecule has 2 rings (SSSR count). The average molecular weight is 339 g/mol. The lowest BCUT2D eigenvalue weighted by atomic mass is 10.1. The molecule has 0 aliphatic rings. The predicted octanol–water partition coefficient (Wildman–Crippen LogP) is 1.98. The largest absolute Gasteiger partial charge is 0.387 e. The van der Waals surface area contributed by atoms with Crippen molar-refractivity contribution >= 4 is 34.8 Å². The minimum Gasteiger partial charge on any atom is -0.387 e. The zero-order chi connectivity index (χ0) is 15.9. The van der Waals surface area contributed by atoms with E-state index in [1.807, 2.05) is 0 Å². The Balaban J connectivity index is 1.74. The number of halogens is 1. The molecule has 0 fully saturated rings. The smallest absolute Gasteiger partial charge is 0.252 e. The number of aliphatic hydroxyl groups is 1. The van der Waals surface area contributed by atoms with Crippen molar-refractivity contribution in [2.75, 3.05) is 13.1 Å². The number of aliphatic hydroxyl groups excluding tert-OH is 1. The standard InChI is InChI=1S/C15H15ClN2O3S/c16-12-3-1-2-10(6-12)13(19)7-17-14(20)8-18-15(21)11-4-5-22-9-11/h1-6,9,13,19H,7-8H2,(H,17,20)(H,18,21)/t13-/m0/s1. The van der Waals surface area contributed by atoms with Gasteiger partial charge in [0.05, 0.1) is 12.6 Å². The number of carbonyl (C=O) groups is 2. The SMILES string of the molecule is O=C(CNC(=O)c1ccsc1)NC[C@H](O)c1cccc(Cl)c1. The quantitative estimate of drug-likeness (QED) is 0.753. The summed E-state index contributed by atoms with van der Waals surface area (Å²) in [6, 6.07) is 8.47. The van der Waals surface area contributed by atoms with E-state index in [0.29, 0.717) is 16.1 Å². The predicted molar refractivity (Wildman–Crippen MR) is 86.1 cm³/mol. The lowest BCUT2D eigenvalue weighted by Gasteiger charge is -2.12. The zero-order valence-corrected chi connectivity index (χ0v) is 13.2. The Labute approximate surface area is 136 Å². The molecular weight excluding hydrogens is 324 g/mol. The summed E-state index contributed by atoms with van der Waals surface area (Å²) in [7, 11) is 0. The van der Waals surface area contributed by atoms with Gasteiger partial charge in [0.25, 0.3) is 5.91 Å². The highest BCUT2D eigenvalue weighted by Crippen LogP contribution is 2.16. The molecule has 0 saturated carbocycles. The van der Waals surface area contributed by atoms with Crippen LogP contribution in [0.1, 0.15) is 22.0 Å². The maximum absolute atomic E-state index is 11.7. The first kappa shape index (κ1) is 16.5. The molecule has 116 valence electrons. The number of nitrogens with one attached hydrogen (secondary N) is 2. The van der Waals surface area contributed by atoms with Crippen molar-refractivity contribution in [1.29, 1.82) is 0 Å². The van der Waals surface area contributed by atoms with E-state index in [4.69, 9.17) is 11.6 Å². The van der Waals surface area contributed by atoms with Crippen molar-refractivity contribution in [2.24, 2.45) is 0 Å². The second-order valence-corrected chi connectivity index (χ2v) is 5.79. The van der Waals surface area contributed by atoms with Gasteiger partial charge in [-0.25, -0.2) is 0 Å². The van der Waals surface area contributed by atoms with E-state index < -0.39 is 6.10 Å². The molecule has 1 aromatic carbocycles. The van der Waals surface area contributed by atoms with Gasteiger partial charge in [-0.1, -0.05) is 23.7 Å². The average Bonchev–Trinajstić information content (AvgIpc) is 3.04. The highest BCUT2D eigenvalue weighted by atomic mass is 35.5. The number of amides is 2. The summed E-state index contributed by atoms with van der Waals surface area (Å²) in [5.74, 6) is -0.670. The van der Waals surface area contributed by atoms with Gasteiger partial charge in [-0.3, -0.25) is 9.59 Å². The van der Waals surface area contributed by atoms with Gasteiger partial charge in [-0.05, 0) is 29.1 Å². The molecule has 0 spiro atoms. The first-order valence-corrected chi connectivity index (χ1v) is 7.89. The third kappa shape index (κ3) is 4.84. The molecule has 2 amide bonds. The van der Waals surface area contributed by atoms with E-state index in [2.05, 4.69) is 10.6 Å². The Morgan fingerprint density at radius 1 is 1.27 bits per heavy atom. The first-order chi connectivity index (χ1) is 10.6. The van der Waals surface area contributed by atoms with Crippen LogP contribution in [-0.2, 0) is 4.79 Å². The van der Waals surface area contributed by atoms with Gasteiger partial charge >= 0.3 is 0 Å². The van der Waals surface area contributed by atoms with E-state index in [1.165, 1.54) is 11.3 Å². The first-order valence-electron chi connectivity index (χ1n) is 6.57. The van der Waals surface area contributed by atoms with E-state index in [-0.39, 0.29) is 24.9 Å². The topological polar surface area (TPSA) is 78.4 Å². The molecule has 2 aromatic rings. The second kappa shape index (κ2) is 7.93. The molecule has 0 saturated heterocycles. The lowest BCUT2D eigenvalue weighted by molar-refractivity contribution is -0.120. The Morgan fingerprint density at radius 2 is 2.09 bits per heavy atom. The number of hydrogen-bond donors (Lipinski definition) is 3. The summed E-state index contributed by atoms with van der Waals surface area (Å²) in [4.78, 5) is 23.3. The lowest BCUT2D eigenvalue weighted by Crippen LogP contribution is -2.38. The van der Waals surface area contributed by atoms with E-state index in [1.54, 1.807) is 41.1 Å². The van der Waals surface area contributed by atoms with Gasteiger partial charge in [-0.15, -0.1) is 0 Å². The summed E-state index contributed by atoms with van der Waals surface area (Å²) in [6.07, 6.45) is -0.852. The zero-order valence-electron chi connectivity index (χ0n) is 11.6. The van der Waals surface area contributed by atoms with Gasteiger partial charge in [0.2, 0.25) is 5.91 Å². The van der Waals surface area contributed by atoms with Crippen LogP contribution in [0, 0.1) is 0 Å². The van der Waals surface area contributed by atoms with Crippen LogP contribution in [0.25, 0.3) is 0 Å². The summed E-state index contributed by atoms with van der Waals surface area (Å²) < 4.78 is 0. The van der Waals surface area contributed by atoms with Crippen LogP contribution >= 0.6 is 22.9 Å². The number of hydrogen-bond acceptors (Lipinski definition) is 4. The van der Waals surface area contributed by atoms with Crippen molar-refractivity contribution in [3.63, 3.8) is 0 Å². The summed E-state index contributed by atoms with van der Waals surface area (Å²) in [6.45, 7) is -0.0928. The summed E-state index contributed by atoms with van der Waals surface area (Å²) in [5, 5.41) is 19.0. The van der Waals surface area contributed by atoms with Gasteiger partial charge in [0.1, 0.15) is 0 Å². The molecular formula is C15H15ClN2O3S. The minimum absolute atomic E-state index is 0.0491. The number of rotatable bonds is 6. The van der Waals surface area contributed by atoms with Gasteiger partial charge in [-0.2, -0.15) is 11.3 Å². The van der Waals surface area contributed by atoms with Crippen molar-refractivity contribution in [3.05, 3.63) is 57.2 Å². The van der Waals surface area contributed by atoms with Crippen LogP contribution in [0.15, 0.2) is 41.1 Å². The Kier molecular flexibility index (Phi) is 5.94. The van der Waals surface area contributed by atoms with Crippen LogP contribution in [0.5, 0.6) is 0 Å². The van der Waals surface area contributed by atoms with Crippen LogP contribution < -0.4 is 10.6 Å². The number of benzene rings is 1. The van der Waals surface area contributed by atoms with Crippen molar-refractivity contribution in [1.82, 2.24) is 10.6 Å². The molecule has 22 heavy (non-hydrogen) atoms. The molecule has 0 radical (unpaired) electrons. The Morgan fingerprint density at radius 3 is 2.77 bits per heavy atom. The van der Waals surface area contributed by atoms with E-state index in [9.17, 15) is 14.7 Å². The number of carbonyl (C=O) groups excluding carboxylic acids is 2. The van der Waals surface area contributed by atoms with Crippen LogP contribution in [0.2, 0.25) is 5.02 Å². The van der Waals surface area contributed by atoms with E-state index in [0.717, 1.165) is 0 Å².